The Balaban J connectivity index is 2.33. The molecule has 64 valence electrons. The Kier molecular flexibility index (Phi) is 3.60. The zero-order valence-electron chi connectivity index (χ0n) is 7.18. The monoisotopic (exact) mass is 155 g/mol. The van der Waals surface area contributed by atoms with Crippen molar-refractivity contribution in [3.8, 4) is 0 Å². The Labute approximate surface area is 68.6 Å². The van der Waals surface area contributed by atoms with Crippen LogP contribution < -0.4 is 5.32 Å². The van der Waals surface area contributed by atoms with E-state index in [4.69, 9.17) is 4.74 Å². The Hall–Kier alpha value is -0.340. The van der Waals surface area contributed by atoms with Gasteiger partial charge in [-0.15, -0.1) is 6.58 Å². The zero-order valence-corrected chi connectivity index (χ0v) is 7.18. The molecule has 2 heteroatoms. The number of rotatable bonds is 4. The van der Waals surface area contributed by atoms with Gasteiger partial charge in [0, 0.05) is 18.6 Å². The Morgan fingerprint density at radius 3 is 3.09 bits per heavy atom. The van der Waals surface area contributed by atoms with Gasteiger partial charge in [0.05, 0.1) is 6.61 Å². The first kappa shape index (κ1) is 8.75. The van der Waals surface area contributed by atoms with Crippen molar-refractivity contribution in [3.63, 3.8) is 0 Å². The van der Waals surface area contributed by atoms with E-state index in [2.05, 4.69) is 11.9 Å². The highest BCUT2D eigenvalue weighted by Crippen LogP contribution is 2.18. The third-order valence-electron chi connectivity index (χ3n) is 2.33. The van der Waals surface area contributed by atoms with E-state index in [-0.39, 0.29) is 0 Å². The van der Waals surface area contributed by atoms with Crippen molar-refractivity contribution in [2.45, 2.75) is 18.9 Å². The maximum Gasteiger partial charge on any atom is 0.0510 e. The number of ether oxygens (including phenoxy) is 1. The van der Waals surface area contributed by atoms with Crippen LogP contribution in [0, 0.1) is 5.92 Å². The van der Waals surface area contributed by atoms with Crippen molar-refractivity contribution in [1.82, 2.24) is 5.32 Å². The van der Waals surface area contributed by atoms with Crippen LogP contribution in [0.15, 0.2) is 12.7 Å². The fourth-order valence-electron chi connectivity index (χ4n) is 1.60. The van der Waals surface area contributed by atoms with E-state index in [9.17, 15) is 0 Å². The fraction of sp³-hybridized carbons (Fsp3) is 0.778. The Morgan fingerprint density at radius 1 is 1.82 bits per heavy atom. The van der Waals surface area contributed by atoms with Gasteiger partial charge in [-0.05, 0) is 19.9 Å². The smallest absolute Gasteiger partial charge is 0.0510 e. The van der Waals surface area contributed by atoms with E-state index in [0.717, 1.165) is 19.6 Å². The van der Waals surface area contributed by atoms with Crippen molar-refractivity contribution < 1.29 is 4.74 Å². The van der Waals surface area contributed by atoms with Crippen LogP contribution >= 0.6 is 0 Å². The predicted octanol–water partition coefficient (Wildman–Crippen LogP) is 1.19. The summed E-state index contributed by atoms with van der Waals surface area (Å²) in [5, 5.41) is 3.29. The van der Waals surface area contributed by atoms with Crippen LogP contribution in [0.4, 0.5) is 0 Å². The van der Waals surface area contributed by atoms with Gasteiger partial charge in [0.2, 0.25) is 0 Å². The van der Waals surface area contributed by atoms with Crippen LogP contribution in [0.2, 0.25) is 0 Å². The summed E-state index contributed by atoms with van der Waals surface area (Å²) < 4.78 is 5.31. The van der Waals surface area contributed by atoms with Gasteiger partial charge in [-0.25, -0.2) is 0 Å². The minimum Gasteiger partial charge on any atom is -0.381 e. The molecule has 0 aromatic rings. The predicted molar refractivity (Wildman–Crippen MR) is 46.6 cm³/mol. The van der Waals surface area contributed by atoms with Crippen molar-refractivity contribution in [3.05, 3.63) is 12.7 Å². The van der Waals surface area contributed by atoms with Gasteiger partial charge in [0.1, 0.15) is 0 Å². The van der Waals surface area contributed by atoms with Gasteiger partial charge in [-0.1, -0.05) is 6.08 Å². The lowest BCUT2D eigenvalue weighted by atomic mass is 9.96. The quantitative estimate of drug-likeness (QED) is 0.616. The lowest BCUT2D eigenvalue weighted by molar-refractivity contribution is 0.178. The van der Waals surface area contributed by atoms with E-state index in [1.54, 1.807) is 0 Å². The first-order valence-corrected chi connectivity index (χ1v) is 4.24. The van der Waals surface area contributed by atoms with Crippen molar-refractivity contribution >= 4 is 0 Å². The first-order valence-electron chi connectivity index (χ1n) is 4.24. The molecule has 1 fully saturated rings. The second-order valence-electron chi connectivity index (χ2n) is 3.04. The summed E-state index contributed by atoms with van der Waals surface area (Å²) in [4.78, 5) is 0. The van der Waals surface area contributed by atoms with Crippen molar-refractivity contribution in [2.75, 3.05) is 20.3 Å². The Morgan fingerprint density at radius 2 is 2.64 bits per heavy atom. The molecular weight excluding hydrogens is 138 g/mol. The molecule has 0 aromatic heterocycles. The molecule has 1 aliphatic heterocycles. The number of nitrogens with one attached hydrogen (secondary N) is 1. The molecular formula is C9H17NO. The minimum atomic E-state index is 0.565. The molecule has 1 rings (SSSR count). The van der Waals surface area contributed by atoms with Gasteiger partial charge in [0.15, 0.2) is 0 Å². The molecule has 0 aromatic carbocycles. The minimum absolute atomic E-state index is 0.565. The Bertz CT molecular complexity index is 119. The average molecular weight is 155 g/mol. The molecule has 2 atom stereocenters. The molecule has 1 N–H and O–H groups in total. The second-order valence-corrected chi connectivity index (χ2v) is 3.04. The fourth-order valence-corrected chi connectivity index (χ4v) is 1.60. The topological polar surface area (TPSA) is 21.3 Å². The van der Waals surface area contributed by atoms with E-state index in [1.807, 2.05) is 13.1 Å². The normalized spacial score (nSPS) is 26.8. The highest BCUT2D eigenvalue weighted by molar-refractivity contribution is 4.84. The highest BCUT2D eigenvalue weighted by atomic mass is 16.5. The molecule has 0 bridgehead atoms. The van der Waals surface area contributed by atoms with E-state index in [1.165, 1.54) is 6.42 Å². The van der Waals surface area contributed by atoms with E-state index < -0.39 is 0 Å². The standard InChI is InChI=1S/C9H17NO/c1-3-4-9(10-2)8-5-6-11-7-8/h3,8-10H,1,4-7H2,2H3. The maximum atomic E-state index is 5.31. The van der Waals surface area contributed by atoms with Crippen molar-refractivity contribution in [2.24, 2.45) is 5.92 Å². The van der Waals surface area contributed by atoms with E-state index >= 15 is 0 Å². The molecule has 0 radical (unpaired) electrons. The van der Waals surface area contributed by atoms with Crippen LogP contribution in [0.25, 0.3) is 0 Å². The lowest BCUT2D eigenvalue weighted by Crippen LogP contribution is -2.33. The molecule has 0 amide bonds. The summed E-state index contributed by atoms with van der Waals surface area (Å²) in [7, 11) is 2.01. The van der Waals surface area contributed by atoms with Crippen molar-refractivity contribution in [1.29, 1.82) is 0 Å². The van der Waals surface area contributed by atoms with Crippen LogP contribution in [0.1, 0.15) is 12.8 Å². The SMILES string of the molecule is C=CCC(NC)C1CCOC1. The highest BCUT2D eigenvalue weighted by Gasteiger charge is 2.22. The molecule has 0 saturated carbocycles. The zero-order chi connectivity index (χ0) is 8.10. The lowest BCUT2D eigenvalue weighted by Gasteiger charge is -2.19. The molecule has 1 heterocycles. The van der Waals surface area contributed by atoms with E-state index in [0.29, 0.717) is 12.0 Å². The first-order chi connectivity index (χ1) is 5.38. The maximum absolute atomic E-state index is 5.31. The van der Waals surface area contributed by atoms with Crippen LogP contribution in [0.3, 0.4) is 0 Å². The number of hydrogen-bond donors (Lipinski definition) is 1. The van der Waals surface area contributed by atoms with Crippen LogP contribution in [0.5, 0.6) is 0 Å². The molecule has 1 aliphatic rings. The van der Waals surface area contributed by atoms with Gasteiger partial charge < -0.3 is 10.1 Å². The third kappa shape index (κ3) is 2.31. The number of hydrogen-bond acceptors (Lipinski definition) is 2. The third-order valence-corrected chi connectivity index (χ3v) is 2.33. The summed E-state index contributed by atoms with van der Waals surface area (Å²) in [6, 6.07) is 0.565. The molecule has 0 spiro atoms. The molecule has 1 saturated heterocycles. The second kappa shape index (κ2) is 4.52. The van der Waals surface area contributed by atoms with Crippen LogP contribution in [-0.4, -0.2) is 26.3 Å². The summed E-state index contributed by atoms with van der Waals surface area (Å²) in [6.07, 6.45) is 4.21. The average Bonchev–Trinajstić information content (AvgIpc) is 2.52. The summed E-state index contributed by atoms with van der Waals surface area (Å²) in [6.45, 7) is 5.59. The van der Waals surface area contributed by atoms with Gasteiger partial charge in [-0.3, -0.25) is 0 Å². The van der Waals surface area contributed by atoms with Gasteiger partial charge in [0.25, 0.3) is 0 Å². The summed E-state index contributed by atoms with van der Waals surface area (Å²) in [5.41, 5.74) is 0. The molecule has 2 nitrogen and oxygen atoms in total. The summed E-state index contributed by atoms with van der Waals surface area (Å²) in [5.74, 6) is 0.693. The van der Waals surface area contributed by atoms with Crippen LogP contribution in [-0.2, 0) is 4.74 Å². The van der Waals surface area contributed by atoms with Gasteiger partial charge in [-0.2, -0.15) is 0 Å². The molecule has 2 unspecified atom stereocenters. The molecule has 0 aliphatic carbocycles. The summed E-state index contributed by atoms with van der Waals surface area (Å²) >= 11 is 0. The molecule has 11 heavy (non-hydrogen) atoms. The largest absolute Gasteiger partial charge is 0.381 e. The van der Waals surface area contributed by atoms with Gasteiger partial charge >= 0.3 is 0 Å².